The minimum absolute atomic E-state index is 0.111. The summed E-state index contributed by atoms with van der Waals surface area (Å²) in [4.78, 5) is 12.1. The van der Waals surface area contributed by atoms with E-state index >= 15 is 0 Å². The molecule has 20 heavy (non-hydrogen) atoms. The van der Waals surface area contributed by atoms with Crippen molar-refractivity contribution >= 4 is 5.78 Å². The summed E-state index contributed by atoms with van der Waals surface area (Å²) < 4.78 is 38.7. The average molecular weight is 275 g/mol. The number of halogens is 3. The van der Waals surface area contributed by atoms with Crippen molar-refractivity contribution in [2.75, 3.05) is 0 Å². The van der Waals surface area contributed by atoms with E-state index < -0.39 is 29.2 Å². The van der Waals surface area contributed by atoms with Gasteiger partial charge in [0, 0.05) is 5.56 Å². The van der Waals surface area contributed by atoms with Crippen LogP contribution in [0.4, 0.5) is 13.2 Å². The third-order valence-electron chi connectivity index (χ3n) is 2.80. The SMILES string of the molecule is N#CC(C(=O)c1ccc(F)c(F)c1)c1ccc(F)cc1. The standard InChI is InChI=1S/C15H8F3NO/c16-11-4-1-9(2-5-11)12(8-19)15(20)10-3-6-13(17)14(18)7-10/h1-7,12H. The summed E-state index contributed by atoms with van der Waals surface area (Å²) in [6, 6.07) is 9.31. The topological polar surface area (TPSA) is 40.9 Å². The van der Waals surface area contributed by atoms with E-state index in [1.807, 2.05) is 0 Å². The summed E-state index contributed by atoms with van der Waals surface area (Å²) in [5.41, 5.74) is 0.184. The number of rotatable bonds is 3. The molecule has 100 valence electrons. The van der Waals surface area contributed by atoms with Gasteiger partial charge in [0.25, 0.3) is 0 Å². The van der Waals surface area contributed by atoms with Crippen LogP contribution in [0.3, 0.4) is 0 Å². The summed E-state index contributed by atoms with van der Waals surface area (Å²) in [6.07, 6.45) is 0. The lowest BCUT2D eigenvalue weighted by Gasteiger charge is -2.09. The molecule has 0 fully saturated rings. The highest BCUT2D eigenvalue weighted by Gasteiger charge is 2.22. The van der Waals surface area contributed by atoms with E-state index in [1.54, 1.807) is 6.07 Å². The molecule has 2 aromatic carbocycles. The Morgan fingerprint density at radius 2 is 1.65 bits per heavy atom. The van der Waals surface area contributed by atoms with Gasteiger partial charge < -0.3 is 0 Å². The van der Waals surface area contributed by atoms with Crippen molar-refractivity contribution in [2.24, 2.45) is 0 Å². The van der Waals surface area contributed by atoms with Gasteiger partial charge in [0.2, 0.25) is 0 Å². The van der Waals surface area contributed by atoms with Crippen LogP contribution in [-0.2, 0) is 0 Å². The zero-order valence-corrected chi connectivity index (χ0v) is 10.1. The second-order valence-corrected chi connectivity index (χ2v) is 4.11. The Balaban J connectivity index is 2.36. The largest absolute Gasteiger partial charge is 0.292 e. The molecule has 0 spiro atoms. The molecule has 0 aliphatic heterocycles. The minimum Gasteiger partial charge on any atom is -0.292 e. The van der Waals surface area contributed by atoms with Gasteiger partial charge in [-0.15, -0.1) is 0 Å². The molecule has 1 unspecified atom stereocenters. The number of ketones is 1. The van der Waals surface area contributed by atoms with Crippen LogP contribution in [0, 0.1) is 28.8 Å². The van der Waals surface area contributed by atoms with Crippen molar-refractivity contribution in [3.8, 4) is 6.07 Å². The molecule has 0 amide bonds. The van der Waals surface area contributed by atoms with Crippen LogP contribution in [0.25, 0.3) is 0 Å². The Labute approximate surface area is 113 Å². The van der Waals surface area contributed by atoms with E-state index in [9.17, 15) is 18.0 Å². The van der Waals surface area contributed by atoms with Crippen molar-refractivity contribution in [3.63, 3.8) is 0 Å². The van der Waals surface area contributed by atoms with Crippen LogP contribution < -0.4 is 0 Å². The number of carbonyl (C=O) groups excluding carboxylic acids is 1. The summed E-state index contributed by atoms with van der Waals surface area (Å²) in [5, 5.41) is 9.07. The lowest BCUT2D eigenvalue weighted by Crippen LogP contribution is -2.12. The molecule has 0 heterocycles. The van der Waals surface area contributed by atoms with Gasteiger partial charge in [-0.05, 0) is 35.9 Å². The third-order valence-corrected chi connectivity index (χ3v) is 2.80. The number of nitrogens with zero attached hydrogens (tertiary/aromatic N) is 1. The van der Waals surface area contributed by atoms with E-state index in [4.69, 9.17) is 5.26 Å². The van der Waals surface area contributed by atoms with Gasteiger partial charge in [-0.1, -0.05) is 12.1 Å². The first-order valence-corrected chi connectivity index (χ1v) is 5.67. The highest BCUT2D eigenvalue weighted by atomic mass is 19.2. The van der Waals surface area contributed by atoms with Crippen LogP contribution >= 0.6 is 0 Å². The first-order chi connectivity index (χ1) is 9.52. The highest BCUT2D eigenvalue weighted by Crippen LogP contribution is 2.22. The number of carbonyl (C=O) groups is 1. The monoisotopic (exact) mass is 275 g/mol. The molecule has 2 aromatic rings. The van der Waals surface area contributed by atoms with Gasteiger partial charge >= 0.3 is 0 Å². The lowest BCUT2D eigenvalue weighted by molar-refractivity contribution is 0.0978. The van der Waals surface area contributed by atoms with Gasteiger partial charge in [-0.25, -0.2) is 13.2 Å². The first-order valence-electron chi connectivity index (χ1n) is 5.67. The van der Waals surface area contributed by atoms with Crippen LogP contribution in [-0.4, -0.2) is 5.78 Å². The van der Waals surface area contributed by atoms with E-state index in [1.165, 1.54) is 12.1 Å². The van der Waals surface area contributed by atoms with Crippen molar-refractivity contribution in [1.29, 1.82) is 5.26 Å². The quantitative estimate of drug-likeness (QED) is 0.803. The Bertz CT molecular complexity index is 689. The van der Waals surface area contributed by atoms with Crippen molar-refractivity contribution in [3.05, 3.63) is 71.0 Å². The van der Waals surface area contributed by atoms with Crippen molar-refractivity contribution in [2.45, 2.75) is 5.92 Å². The predicted octanol–water partition coefficient (Wildman–Crippen LogP) is 3.59. The molecule has 0 N–H and O–H groups in total. The van der Waals surface area contributed by atoms with Gasteiger partial charge in [-0.3, -0.25) is 4.79 Å². The molecule has 0 aliphatic carbocycles. The summed E-state index contributed by atoms with van der Waals surface area (Å²) >= 11 is 0. The molecule has 0 saturated heterocycles. The Morgan fingerprint density at radius 3 is 2.20 bits per heavy atom. The zero-order valence-electron chi connectivity index (χ0n) is 10.1. The molecule has 0 saturated carbocycles. The summed E-state index contributed by atoms with van der Waals surface area (Å²) in [6.45, 7) is 0. The normalized spacial score (nSPS) is 11.7. The maximum atomic E-state index is 13.1. The first kappa shape index (κ1) is 13.8. The minimum atomic E-state index is -1.19. The van der Waals surface area contributed by atoms with Gasteiger partial charge in [0.1, 0.15) is 11.7 Å². The fourth-order valence-electron chi connectivity index (χ4n) is 1.76. The second-order valence-electron chi connectivity index (χ2n) is 4.11. The maximum Gasteiger partial charge on any atom is 0.184 e. The molecule has 0 aliphatic rings. The fraction of sp³-hybridized carbons (Fsp3) is 0.0667. The third kappa shape index (κ3) is 2.69. The van der Waals surface area contributed by atoms with Crippen molar-refractivity contribution in [1.82, 2.24) is 0 Å². The second kappa shape index (κ2) is 5.57. The lowest BCUT2D eigenvalue weighted by atomic mass is 9.92. The number of Topliss-reactive ketones (excluding diaryl/α,β-unsaturated/α-hetero) is 1. The molecular weight excluding hydrogens is 267 g/mol. The molecule has 2 rings (SSSR count). The number of hydrogen-bond acceptors (Lipinski definition) is 2. The Morgan fingerprint density at radius 1 is 1.00 bits per heavy atom. The average Bonchev–Trinajstić information content (AvgIpc) is 2.44. The number of benzene rings is 2. The van der Waals surface area contributed by atoms with Crippen LogP contribution in [0.1, 0.15) is 21.8 Å². The van der Waals surface area contributed by atoms with Crippen LogP contribution in [0.5, 0.6) is 0 Å². The fourth-order valence-corrected chi connectivity index (χ4v) is 1.76. The summed E-state index contributed by atoms with van der Waals surface area (Å²) in [5.74, 6) is -4.59. The van der Waals surface area contributed by atoms with Crippen LogP contribution in [0.15, 0.2) is 42.5 Å². The van der Waals surface area contributed by atoms with E-state index in [2.05, 4.69) is 0 Å². The Kier molecular flexibility index (Phi) is 3.85. The molecule has 5 heteroatoms. The van der Waals surface area contributed by atoms with Gasteiger partial charge in [0.05, 0.1) is 6.07 Å². The van der Waals surface area contributed by atoms with Gasteiger partial charge in [0.15, 0.2) is 17.4 Å². The smallest absolute Gasteiger partial charge is 0.184 e. The Hall–Kier alpha value is -2.61. The molecule has 0 radical (unpaired) electrons. The highest BCUT2D eigenvalue weighted by molar-refractivity contribution is 6.02. The van der Waals surface area contributed by atoms with E-state index in [-0.39, 0.29) is 5.56 Å². The number of hydrogen-bond donors (Lipinski definition) is 0. The molecule has 1 atom stereocenters. The van der Waals surface area contributed by atoms with Crippen LogP contribution in [0.2, 0.25) is 0 Å². The molecular formula is C15H8F3NO. The molecule has 0 bridgehead atoms. The summed E-state index contributed by atoms with van der Waals surface area (Å²) in [7, 11) is 0. The van der Waals surface area contributed by atoms with Crippen molar-refractivity contribution < 1.29 is 18.0 Å². The van der Waals surface area contributed by atoms with Gasteiger partial charge in [-0.2, -0.15) is 5.26 Å². The maximum absolute atomic E-state index is 13.1. The molecule has 2 nitrogen and oxygen atoms in total. The predicted molar refractivity (Wildman–Crippen MR) is 65.4 cm³/mol. The zero-order chi connectivity index (χ0) is 14.7. The number of nitriles is 1. The van der Waals surface area contributed by atoms with E-state index in [0.29, 0.717) is 5.56 Å². The molecule has 0 aromatic heterocycles. The van der Waals surface area contributed by atoms with E-state index in [0.717, 1.165) is 30.3 Å².